The van der Waals surface area contributed by atoms with E-state index in [0.717, 1.165) is 39.6 Å². The Hall–Kier alpha value is -2.29. The number of ether oxygens (including phenoxy) is 2. The van der Waals surface area contributed by atoms with Gasteiger partial charge in [0.05, 0.1) is 27.6 Å². The standard InChI is InChI=1S/C19H19N3O3S2/c1-11-14(4-3-7-20-11)25-19-15-13(6-5-12-10-22-27-16(12)15)17(26-19)18(23)21-8-9-24-2/h3-4,7,10H,5-6,8-9H2,1-2H3,(H,21,23). The van der Waals surface area contributed by atoms with Crippen LogP contribution in [-0.2, 0) is 17.6 Å². The fourth-order valence-corrected chi connectivity index (χ4v) is 5.16. The molecule has 3 aromatic heterocycles. The van der Waals surface area contributed by atoms with E-state index in [1.54, 1.807) is 13.3 Å². The highest BCUT2D eigenvalue weighted by molar-refractivity contribution is 7.17. The summed E-state index contributed by atoms with van der Waals surface area (Å²) in [5.74, 6) is 0.614. The number of thiophene rings is 1. The van der Waals surface area contributed by atoms with Crippen molar-refractivity contribution in [2.24, 2.45) is 0 Å². The van der Waals surface area contributed by atoms with Crippen LogP contribution in [0.5, 0.6) is 10.8 Å². The number of fused-ring (bicyclic) bond motifs is 3. The lowest BCUT2D eigenvalue weighted by atomic mass is 9.93. The average molecular weight is 402 g/mol. The molecular weight excluding hydrogens is 382 g/mol. The van der Waals surface area contributed by atoms with Crippen molar-refractivity contribution in [3.63, 3.8) is 0 Å². The Bertz CT molecular complexity index is 980. The van der Waals surface area contributed by atoms with Crippen LogP contribution in [0.25, 0.3) is 10.4 Å². The van der Waals surface area contributed by atoms with Gasteiger partial charge in [-0.3, -0.25) is 9.78 Å². The third-order valence-corrected chi connectivity index (χ3v) is 6.42. The lowest BCUT2D eigenvalue weighted by Crippen LogP contribution is -2.27. The number of rotatable bonds is 6. The van der Waals surface area contributed by atoms with Gasteiger partial charge in [0, 0.05) is 26.0 Å². The van der Waals surface area contributed by atoms with Crippen LogP contribution in [0, 0.1) is 6.92 Å². The summed E-state index contributed by atoms with van der Waals surface area (Å²) >= 11 is 2.84. The molecule has 0 aromatic carbocycles. The lowest BCUT2D eigenvalue weighted by molar-refractivity contribution is 0.0940. The van der Waals surface area contributed by atoms with Crippen molar-refractivity contribution < 1.29 is 14.3 Å². The number of aryl methyl sites for hydroxylation is 2. The first-order valence-electron chi connectivity index (χ1n) is 8.65. The smallest absolute Gasteiger partial charge is 0.261 e. The van der Waals surface area contributed by atoms with Crippen molar-refractivity contribution in [3.05, 3.63) is 46.2 Å². The van der Waals surface area contributed by atoms with Gasteiger partial charge in [-0.2, -0.15) is 0 Å². The van der Waals surface area contributed by atoms with Crippen LogP contribution in [0.2, 0.25) is 0 Å². The number of carbonyl (C=O) groups is 1. The van der Waals surface area contributed by atoms with E-state index in [9.17, 15) is 4.79 Å². The molecule has 0 bridgehead atoms. The minimum absolute atomic E-state index is 0.0842. The van der Waals surface area contributed by atoms with Gasteiger partial charge < -0.3 is 14.8 Å². The molecule has 0 fully saturated rings. The highest BCUT2D eigenvalue weighted by Gasteiger charge is 2.30. The monoisotopic (exact) mass is 401 g/mol. The number of nitrogens with one attached hydrogen (secondary N) is 1. The lowest BCUT2D eigenvalue weighted by Gasteiger charge is -2.14. The van der Waals surface area contributed by atoms with Crippen LogP contribution in [-0.4, -0.2) is 35.5 Å². The second-order valence-corrected chi connectivity index (χ2v) is 7.97. The summed E-state index contributed by atoms with van der Waals surface area (Å²) in [6.07, 6.45) is 5.35. The second-order valence-electron chi connectivity index (χ2n) is 6.19. The molecule has 1 N–H and O–H groups in total. The van der Waals surface area contributed by atoms with Gasteiger partial charge in [0.15, 0.2) is 5.06 Å². The maximum Gasteiger partial charge on any atom is 0.261 e. The average Bonchev–Trinajstić information content (AvgIpc) is 3.28. The molecule has 0 saturated heterocycles. The molecule has 0 aliphatic heterocycles. The predicted molar refractivity (Wildman–Crippen MR) is 106 cm³/mol. The molecule has 1 aliphatic rings. The summed E-state index contributed by atoms with van der Waals surface area (Å²) in [5, 5.41) is 3.65. The van der Waals surface area contributed by atoms with E-state index in [4.69, 9.17) is 9.47 Å². The Kier molecular flexibility index (Phi) is 5.20. The van der Waals surface area contributed by atoms with E-state index in [1.807, 2.05) is 25.3 Å². The van der Waals surface area contributed by atoms with Crippen LogP contribution >= 0.6 is 22.9 Å². The molecule has 8 heteroatoms. The van der Waals surface area contributed by atoms with Gasteiger partial charge in [-0.15, -0.1) is 0 Å². The van der Waals surface area contributed by atoms with Crippen molar-refractivity contribution in [2.75, 3.05) is 20.3 Å². The third kappa shape index (κ3) is 3.47. The number of nitrogens with zero attached hydrogens (tertiary/aromatic N) is 2. The SMILES string of the molecule is COCCNC(=O)c1sc(Oc2cccnc2C)c2c1CCc1cnsc1-2. The minimum atomic E-state index is -0.0842. The van der Waals surface area contributed by atoms with Gasteiger partial charge in [0.25, 0.3) is 5.91 Å². The molecule has 140 valence electrons. The van der Waals surface area contributed by atoms with Crippen LogP contribution in [0.4, 0.5) is 0 Å². The summed E-state index contributed by atoms with van der Waals surface area (Å²) in [6, 6.07) is 3.74. The second kappa shape index (κ2) is 7.75. The highest BCUT2D eigenvalue weighted by Crippen LogP contribution is 2.50. The molecule has 0 unspecified atom stereocenters. The largest absolute Gasteiger partial charge is 0.444 e. The fraction of sp³-hybridized carbons (Fsp3) is 0.316. The van der Waals surface area contributed by atoms with E-state index < -0.39 is 0 Å². The molecule has 27 heavy (non-hydrogen) atoms. The number of pyridine rings is 1. The van der Waals surface area contributed by atoms with Crippen molar-refractivity contribution >= 4 is 28.8 Å². The van der Waals surface area contributed by atoms with Crippen molar-refractivity contribution in [2.45, 2.75) is 19.8 Å². The summed E-state index contributed by atoms with van der Waals surface area (Å²) in [4.78, 5) is 18.8. The predicted octanol–water partition coefficient (Wildman–Crippen LogP) is 3.84. The van der Waals surface area contributed by atoms with Crippen molar-refractivity contribution in [3.8, 4) is 21.3 Å². The number of hydrogen-bond donors (Lipinski definition) is 1. The Morgan fingerprint density at radius 1 is 1.37 bits per heavy atom. The number of hydrogen-bond acceptors (Lipinski definition) is 7. The first-order chi connectivity index (χ1) is 13.2. The van der Waals surface area contributed by atoms with Gasteiger partial charge in [0.2, 0.25) is 0 Å². The van der Waals surface area contributed by atoms with E-state index in [0.29, 0.717) is 23.8 Å². The molecule has 3 aromatic rings. The number of methoxy groups -OCH3 is 1. The van der Waals surface area contributed by atoms with Gasteiger partial charge >= 0.3 is 0 Å². The maximum absolute atomic E-state index is 12.7. The molecule has 3 heterocycles. The minimum Gasteiger partial charge on any atom is -0.444 e. The van der Waals surface area contributed by atoms with Crippen molar-refractivity contribution in [1.29, 1.82) is 0 Å². The third-order valence-electron chi connectivity index (χ3n) is 4.45. The number of aromatic nitrogens is 2. The number of amides is 1. The summed E-state index contributed by atoms with van der Waals surface area (Å²) in [6.45, 7) is 2.87. The van der Waals surface area contributed by atoms with Crippen LogP contribution in [0.3, 0.4) is 0 Å². The molecular formula is C19H19N3O3S2. The van der Waals surface area contributed by atoms with Gasteiger partial charge in [-0.1, -0.05) is 11.3 Å². The topological polar surface area (TPSA) is 73.3 Å². The van der Waals surface area contributed by atoms with Gasteiger partial charge in [-0.05, 0) is 54.6 Å². The Morgan fingerprint density at radius 2 is 2.26 bits per heavy atom. The van der Waals surface area contributed by atoms with E-state index in [-0.39, 0.29) is 5.91 Å². The Balaban J connectivity index is 1.75. The molecule has 0 saturated carbocycles. The molecule has 0 spiro atoms. The summed E-state index contributed by atoms with van der Waals surface area (Å²) in [7, 11) is 1.62. The number of carbonyl (C=O) groups excluding carboxylic acids is 1. The van der Waals surface area contributed by atoms with Gasteiger partial charge in [0.1, 0.15) is 5.75 Å². The normalized spacial score (nSPS) is 12.4. The molecule has 0 atom stereocenters. The molecule has 0 radical (unpaired) electrons. The van der Waals surface area contributed by atoms with Gasteiger partial charge in [-0.25, -0.2) is 4.37 Å². The Morgan fingerprint density at radius 3 is 3.07 bits per heavy atom. The van der Waals surface area contributed by atoms with Crippen LogP contribution < -0.4 is 10.1 Å². The van der Waals surface area contributed by atoms with E-state index in [2.05, 4.69) is 14.7 Å². The summed E-state index contributed by atoms with van der Waals surface area (Å²) in [5.41, 5.74) is 4.07. The fourth-order valence-electron chi connectivity index (χ4n) is 3.09. The zero-order chi connectivity index (χ0) is 18.8. The maximum atomic E-state index is 12.7. The molecule has 1 amide bonds. The zero-order valence-corrected chi connectivity index (χ0v) is 16.7. The first-order valence-corrected chi connectivity index (χ1v) is 10.2. The zero-order valence-electron chi connectivity index (χ0n) is 15.1. The van der Waals surface area contributed by atoms with Crippen LogP contribution in [0.15, 0.2) is 24.5 Å². The molecule has 1 aliphatic carbocycles. The molecule has 4 rings (SSSR count). The van der Waals surface area contributed by atoms with Crippen LogP contribution in [0.1, 0.15) is 26.5 Å². The quantitative estimate of drug-likeness (QED) is 0.635. The van der Waals surface area contributed by atoms with E-state index in [1.165, 1.54) is 28.4 Å². The highest BCUT2D eigenvalue weighted by atomic mass is 32.1. The molecule has 6 nitrogen and oxygen atoms in total. The summed E-state index contributed by atoms with van der Waals surface area (Å²) < 4.78 is 15.6. The Labute approximate surface area is 165 Å². The first kappa shape index (κ1) is 18.1. The van der Waals surface area contributed by atoms with Crippen molar-refractivity contribution in [1.82, 2.24) is 14.7 Å². The van der Waals surface area contributed by atoms with E-state index >= 15 is 0 Å².